The lowest BCUT2D eigenvalue weighted by molar-refractivity contribution is 0.127. The lowest BCUT2D eigenvalue weighted by Crippen LogP contribution is -2.49. The quantitative estimate of drug-likeness (QED) is 0.731. The summed E-state index contributed by atoms with van der Waals surface area (Å²) in [6.07, 6.45) is 3.55. The first-order valence-electron chi connectivity index (χ1n) is 5.98. The van der Waals surface area contributed by atoms with Crippen molar-refractivity contribution in [3.05, 3.63) is 0 Å². The van der Waals surface area contributed by atoms with Gasteiger partial charge in [-0.2, -0.15) is 0 Å². The minimum Gasteiger partial charge on any atom is -0.328 e. The fourth-order valence-electron chi connectivity index (χ4n) is 2.48. The summed E-state index contributed by atoms with van der Waals surface area (Å²) in [5, 5.41) is 3.36. The Hall–Kier alpha value is -0.770. The van der Waals surface area contributed by atoms with Crippen LogP contribution in [-0.4, -0.2) is 55.6 Å². The predicted octanol–water partition coefficient (Wildman–Crippen LogP) is 0.743. The highest BCUT2D eigenvalue weighted by atomic mass is 16.2. The molecule has 0 aromatic rings. The number of hydrogen-bond acceptors (Lipinski definition) is 2. The van der Waals surface area contributed by atoms with Crippen LogP contribution in [0.3, 0.4) is 0 Å². The van der Waals surface area contributed by atoms with Gasteiger partial charge in [0.2, 0.25) is 0 Å². The van der Waals surface area contributed by atoms with Crippen LogP contribution in [0.1, 0.15) is 19.3 Å². The summed E-state index contributed by atoms with van der Waals surface area (Å²) in [5.74, 6) is 0.710. The highest BCUT2D eigenvalue weighted by Crippen LogP contribution is 2.16. The highest BCUT2D eigenvalue weighted by molar-refractivity contribution is 5.74. The predicted molar refractivity (Wildman–Crippen MR) is 59.8 cm³/mol. The van der Waals surface area contributed by atoms with E-state index < -0.39 is 0 Å². The minimum absolute atomic E-state index is 0.222. The molecule has 2 saturated heterocycles. The van der Waals surface area contributed by atoms with Gasteiger partial charge in [-0.1, -0.05) is 0 Å². The van der Waals surface area contributed by atoms with Crippen molar-refractivity contribution in [2.75, 3.05) is 39.8 Å². The molecule has 0 unspecified atom stereocenters. The Labute approximate surface area is 91.6 Å². The fourth-order valence-corrected chi connectivity index (χ4v) is 2.48. The van der Waals surface area contributed by atoms with E-state index in [1.54, 1.807) is 0 Å². The van der Waals surface area contributed by atoms with Gasteiger partial charge in [0.1, 0.15) is 0 Å². The van der Waals surface area contributed by atoms with Crippen molar-refractivity contribution < 1.29 is 4.79 Å². The second-order valence-electron chi connectivity index (χ2n) is 4.70. The van der Waals surface area contributed by atoms with E-state index in [2.05, 4.69) is 5.32 Å². The standard InChI is InChI=1S/C11H21N3O/c1-13-7-2-8-14(11(13)15)9-10-3-5-12-6-4-10/h10,12H,2-9H2,1H3. The van der Waals surface area contributed by atoms with Gasteiger partial charge in [-0.05, 0) is 38.3 Å². The average molecular weight is 211 g/mol. The molecule has 0 radical (unpaired) electrons. The number of hydrogen-bond donors (Lipinski definition) is 1. The van der Waals surface area contributed by atoms with Gasteiger partial charge >= 0.3 is 6.03 Å². The van der Waals surface area contributed by atoms with Crippen LogP contribution in [0.15, 0.2) is 0 Å². The van der Waals surface area contributed by atoms with Gasteiger partial charge in [-0.15, -0.1) is 0 Å². The molecule has 0 aromatic heterocycles. The minimum atomic E-state index is 0.222. The first-order chi connectivity index (χ1) is 7.27. The number of carbonyl (C=O) groups excluding carboxylic acids is 1. The van der Waals surface area contributed by atoms with Crippen LogP contribution in [0.25, 0.3) is 0 Å². The van der Waals surface area contributed by atoms with E-state index in [0.29, 0.717) is 5.92 Å². The van der Waals surface area contributed by atoms with Crippen molar-refractivity contribution in [1.29, 1.82) is 0 Å². The molecule has 0 saturated carbocycles. The van der Waals surface area contributed by atoms with Crippen molar-refractivity contribution in [3.63, 3.8) is 0 Å². The zero-order valence-corrected chi connectivity index (χ0v) is 9.54. The molecular formula is C11H21N3O. The Morgan fingerprint density at radius 2 is 2.07 bits per heavy atom. The number of rotatable bonds is 2. The van der Waals surface area contributed by atoms with Crippen molar-refractivity contribution >= 4 is 6.03 Å². The maximum atomic E-state index is 11.8. The molecule has 1 N–H and O–H groups in total. The van der Waals surface area contributed by atoms with Crippen molar-refractivity contribution in [1.82, 2.24) is 15.1 Å². The SMILES string of the molecule is CN1CCCN(CC2CCNCC2)C1=O. The van der Waals surface area contributed by atoms with Crippen LogP contribution >= 0.6 is 0 Å². The van der Waals surface area contributed by atoms with Crippen LogP contribution in [0, 0.1) is 5.92 Å². The summed E-state index contributed by atoms with van der Waals surface area (Å²) in [7, 11) is 1.90. The molecule has 0 aliphatic carbocycles. The van der Waals surface area contributed by atoms with Gasteiger partial charge in [-0.3, -0.25) is 0 Å². The Morgan fingerprint density at radius 1 is 1.33 bits per heavy atom. The Balaban J connectivity index is 1.84. The van der Waals surface area contributed by atoms with Gasteiger partial charge < -0.3 is 15.1 Å². The van der Waals surface area contributed by atoms with Crippen LogP contribution in [0.5, 0.6) is 0 Å². The molecule has 2 fully saturated rings. The molecule has 2 aliphatic rings. The molecule has 0 atom stereocenters. The van der Waals surface area contributed by atoms with E-state index in [0.717, 1.165) is 39.1 Å². The smallest absolute Gasteiger partial charge is 0.319 e. The third-order valence-corrected chi connectivity index (χ3v) is 3.46. The van der Waals surface area contributed by atoms with E-state index >= 15 is 0 Å². The van der Waals surface area contributed by atoms with Crippen LogP contribution in [0.2, 0.25) is 0 Å². The first-order valence-corrected chi connectivity index (χ1v) is 5.98. The largest absolute Gasteiger partial charge is 0.328 e. The monoisotopic (exact) mass is 211 g/mol. The second kappa shape index (κ2) is 4.84. The molecule has 2 amide bonds. The maximum Gasteiger partial charge on any atom is 0.319 e. The van der Waals surface area contributed by atoms with E-state index in [4.69, 9.17) is 0 Å². The topological polar surface area (TPSA) is 35.6 Å². The Morgan fingerprint density at radius 3 is 2.80 bits per heavy atom. The Bertz CT molecular complexity index is 226. The summed E-state index contributed by atoms with van der Waals surface area (Å²) < 4.78 is 0. The molecule has 0 aromatic carbocycles. The van der Waals surface area contributed by atoms with Gasteiger partial charge in [0.15, 0.2) is 0 Å². The van der Waals surface area contributed by atoms with Crippen molar-refractivity contribution in [2.24, 2.45) is 5.92 Å². The highest BCUT2D eigenvalue weighted by Gasteiger charge is 2.25. The van der Waals surface area contributed by atoms with Crippen LogP contribution in [-0.2, 0) is 0 Å². The van der Waals surface area contributed by atoms with Crippen LogP contribution in [0.4, 0.5) is 4.79 Å². The molecule has 4 heteroatoms. The lowest BCUT2D eigenvalue weighted by Gasteiger charge is -2.36. The number of nitrogens with one attached hydrogen (secondary N) is 1. The number of amides is 2. The number of nitrogens with zero attached hydrogens (tertiary/aromatic N) is 2. The van der Waals surface area contributed by atoms with Crippen LogP contribution < -0.4 is 5.32 Å². The molecule has 2 aliphatic heterocycles. The van der Waals surface area contributed by atoms with Gasteiger partial charge in [-0.25, -0.2) is 4.79 Å². The van der Waals surface area contributed by atoms with E-state index in [1.165, 1.54) is 12.8 Å². The number of urea groups is 1. The number of piperidine rings is 1. The van der Waals surface area contributed by atoms with Gasteiger partial charge in [0.25, 0.3) is 0 Å². The Kier molecular flexibility index (Phi) is 3.46. The van der Waals surface area contributed by atoms with E-state index in [-0.39, 0.29) is 6.03 Å². The average Bonchev–Trinajstić information content (AvgIpc) is 2.26. The molecule has 0 bridgehead atoms. The molecule has 0 spiro atoms. The van der Waals surface area contributed by atoms with E-state index in [1.807, 2.05) is 16.8 Å². The van der Waals surface area contributed by atoms with Crippen molar-refractivity contribution in [3.8, 4) is 0 Å². The van der Waals surface area contributed by atoms with Crippen molar-refractivity contribution in [2.45, 2.75) is 19.3 Å². The maximum absolute atomic E-state index is 11.8. The lowest BCUT2D eigenvalue weighted by atomic mass is 9.97. The zero-order chi connectivity index (χ0) is 10.7. The fraction of sp³-hybridized carbons (Fsp3) is 0.909. The molecule has 2 heterocycles. The first kappa shape index (κ1) is 10.7. The number of carbonyl (C=O) groups is 1. The molecule has 15 heavy (non-hydrogen) atoms. The normalized spacial score (nSPS) is 24.7. The summed E-state index contributed by atoms with van der Waals surface area (Å²) in [5.41, 5.74) is 0. The summed E-state index contributed by atoms with van der Waals surface area (Å²) >= 11 is 0. The third-order valence-electron chi connectivity index (χ3n) is 3.46. The second-order valence-corrected chi connectivity index (χ2v) is 4.70. The molecule has 4 nitrogen and oxygen atoms in total. The van der Waals surface area contributed by atoms with Gasteiger partial charge in [0.05, 0.1) is 0 Å². The molecular weight excluding hydrogens is 190 g/mol. The summed E-state index contributed by atoms with van der Waals surface area (Å²) in [6.45, 7) is 5.06. The third kappa shape index (κ3) is 2.62. The van der Waals surface area contributed by atoms with E-state index in [9.17, 15) is 4.79 Å². The van der Waals surface area contributed by atoms with Gasteiger partial charge in [0, 0.05) is 26.7 Å². The zero-order valence-electron chi connectivity index (χ0n) is 9.54. The summed E-state index contributed by atoms with van der Waals surface area (Å²) in [4.78, 5) is 15.7. The molecule has 2 rings (SSSR count). The molecule has 86 valence electrons. The summed E-state index contributed by atoms with van der Waals surface area (Å²) in [6, 6.07) is 0.222.